The molecule has 0 spiro atoms. The Morgan fingerprint density at radius 3 is 2.84 bits per heavy atom. The number of aliphatic imine (C=N–C) groups is 1. The van der Waals surface area contributed by atoms with Crippen LogP contribution in [0.1, 0.15) is 44.2 Å². The van der Waals surface area contributed by atoms with Gasteiger partial charge in [-0.1, -0.05) is 19.1 Å². The Hall–Kier alpha value is -1.02. The number of ether oxygens (including phenoxy) is 2. The second-order valence-corrected chi connectivity index (χ2v) is 6.18. The molecule has 5 nitrogen and oxygen atoms in total. The van der Waals surface area contributed by atoms with Crippen molar-refractivity contribution < 1.29 is 9.47 Å². The van der Waals surface area contributed by atoms with E-state index in [0.717, 1.165) is 56.2 Å². The molecule has 0 bridgehead atoms. The summed E-state index contributed by atoms with van der Waals surface area (Å²) < 4.78 is 11.7. The first-order chi connectivity index (χ1) is 11.7. The van der Waals surface area contributed by atoms with Crippen LogP contribution in [0.25, 0.3) is 0 Å². The lowest BCUT2D eigenvalue weighted by Gasteiger charge is -2.15. The molecule has 2 rings (SSSR count). The number of aryl methyl sites for hydroxylation is 1. The molecule has 1 heterocycles. The molecule has 0 aliphatic carbocycles. The van der Waals surface area contributed by atoms with E-state index in [-0.39, 0.29) is 30.1 Å². The first-order valence-electron chi connectivity index (χ1n) is 9.09. The number of nitrogens with zero attached hydrogens (tertiary/aromatic N) is 1. The minimum Gasteiger partial charge on any atom is -0.491 e. The molecule has 1 fully saturated rings. The van der Waals surface area contributed by atoms with Gasteiger partial charge in [-0.15, -0.1) is 24.0 Å². The lowest BCUT2D eigenvalue weighted by atomic mass is 10.1. The number of hydrogen-bond acceptors (Lipinski definition) is 3. The van der Waals surface area contributed by atoms with E-state index < -0.39 is 0 Å². The minimum absolute atomic E-state index is 0. The van der Waals surface area contributed by atoms with Crippen molar-refractivity contribution in [1.82, 2.24) is 10.6 Å². The van der Waals surface area contributed by atoms with Crippen molar-refractivity contribution in [1.29, 1.82) is 0 Å². The Labute approximate surface area is 169 Å². The molecule has 142 valence electrons. The van der Waals surface area contributed by atoms with Crippen LogP contribution in [0, 0.1) is 6.92 Å². The maximum Gasteiger partial charge on any atom is 0.191 e. The van der Waals surface area contributed by atoms with Gasteiger partial charge in [-0.25, -0.2) is 4.99 Å². The van der Waals surface area contributed by atoms with Crippen molar-refractivity contribution >= 4 is 29.9 Å². The fraction of sp³-hybridized carbons (Fsp3) is 0.632. The van der Waals surface area contributed by atoms with Crippen molar-refractivity contribution in [2.75, 3.05) is 26.3 Å². The molecule has 1 aliphatic rings. The number of benzene rings is 1. The van der Waals surface area contributed by atoms with Crippen LogP contribution >= 0.6 is 24.0 Å². The van der Waals surface area contributed by atoms with Gasteiger partial charge >= 0.3 is 0 Å². The summed E-state index contributed by atoms with van der Waals surface area (Å²) in [6.07, 6.45) is 3.52. The summed E-state index contributed by atoms with van der Waals surface area (Å²) in [5.74, 6) is 1.77. The predicted molar refractivity (Wildman–Crippen MR) is 114 cm³/mol. The lowest BCUT2D eigenvalue weighted by molar-refractivity contribution is 0.0676. The normalized spacial score (nSPS) is 17.1. The zero-order valence-electron chi connectivity index (χ0n) is 15.6. The fourth-order valence-corrected chi connectivity index (χ4v) is 2.63. The molecule has 1 aromatic carbocycles. The van der Waals surface area contributed by atoms with Crippen molar-refractivity contribution in [3.05, 3.63) is 29.3 Å². The first-order valence-corrected chi connectivity index (χ1v) is 9.09. The van der Waals surface area contributed by atoms with Gasteiger partial charge < -0.3 is 20.1 Å². The number of guanidine groups is 1. The highest BCUT2D eigenvalue weighted by atomic mass is 127. The van der Waals surface area contributed by atoms with Gasteiger partial charge in [-0.05, 0) is 44.7 Å². The van der Waals surface area contributed by atoms with E-state index in [1.54, 1.807) is 0 Å². The largest absolute Gasteiger partial charge is 0.491 e. The van der Waals surface area contributed by atoms with Crippen LogP contribution in [-0.2, 0) is 11.3 Å². The summed E-state index contributed by atoms with van der Waals surface area (Å²) in [4.78, 5) is 4.67. The van der Waals surface area contributed by atoms with Gasteiger partial charge in [-0.2, -0.15) is 0 Å². The average Bonchev–Trinajstić information content (AvgIpc) is 3.10. The van der Waals surface area contributed by atoms with Crippen molar-refractivity contribution in [3.8, 4) is 5.75 Å². The molecule has 25 heavy (non-hydrogen) atoms. The van der Waals surface area contributed by atoms with Gasteiger partial charge in [0, 0.05) is 25.3 Å². The van der Waals surface area contributed by atoms with E-state index in [9.17, 15) is 0 Å². The Kier molecular flexibility index (Phi) is 10.9. The fourth-order valence-electron chi connectivity index (χ4n) is 2.63. The molecule has 1 saturated heterocycles. The molecular formula is C19H32IN3O2. The van der Waals surface area contributed by atoms with Crippen LogP contribution in [-0.4, -0.2) is 38.4 Å². The zero-order valence-corrected chi connectivity index (χ0v) is 18.0. The molecule has 1 atom stereocenters. The first kappa shape index (κ1) is 22.0. The monoisotopic (exact) mass is 461 g/mol. The second-order valence-electron chi connectivity index (χ2n) is 6.18. The third-order valence-corrected chi connectivity index (χ3v) is 3.97. The highest BCUT2D eigenvalue weighted by molar-refractivity contribution is 14.0. The molecular weight excluding hydrogens is 429 g/mol. The van der Waals surface area contributed by atoms with E-state index >= 15 is 0 Å². The molecule has 0 aromatic heterocycles. The maximum atomic E-state index is 6.04. The summed E-state index contributed by atoms with van der Waals surface area (Å²) in [6.45, 7) is 10.1. The Morgan fingerprint density at radius 1 is 1.32 bits per heavy atom. The predicted octanol–water partition coefficient (Wildman–Crippen LogP) is 3.64. The Balaban J connectivity index is 0.00000312. The third kappa shape index (κ3) is 7.81. The van der Waals surface area contributed by atoms with E-state index in [2.05, 4.69) is 54.6 Å². The molecule has 2 N–H and O–H groups in total. The van der Waals surface area contributed by atoms with Crippen molar-refractivity contribution in [3.63, 3.8) is 0 Å². The molecule has 1 aliphatic heterocycles. The number of nitrogens with one attached hydrogen (secondary N) is 2. The van der Waals surface area contributed by atoms with Gasteiger partial charge in [0.25, 0.3) is 0 Å². The number of hydrogen-bond donors (Lipinski definition) is 2. The highest BCUT2D eigenvalue weighted by Crippen LogP contribution is 2.23. The van der Waals surface area contributed by atoms with Gasteiger partial charge in [0.2, 0.25) is 0 Å². The van der Waals surface area contributed by atoms with Crippen LogP contribution in [0.2, 0.25) is 0 Å². The molecule has 0 radical (unpaired) electrons. The molecule has 1 aromatic rings. The van der Waals surface area contributed by atoms with Gasteiger partial charge in [0.15, 0.2) is 5.96 Å². The number of rotatable bonds is 8. The quantitative estimate of drug-likeness (QED) is 0.353. The summed E-state index contributed by atoms with van der Waals surface area (Å²) in [6, 6.07) is 6.30. The van der Waals surface area contributed by atoms with Gasteiger partial charge in [-0.3, -0.25) is 0 Å². The van der Waals surface area contributed by atoms with Crippen molar-refractivity contribution in [2.24, 2.45) is 4.99 Å². The standard InChI is InChI=1S/C19H31N3O2.HI/c1-4-10-21-19(20-5-2)22-13-16-9-8-15(3)12-18(16)24-14-17-7-6-11-23-17;/h8-9,12,17H,4-7,10-11,13-14H2,1-3H3,(H2,20,21,22);1H. The van der Waals surface area contributed by atoms with Crippen molar-refractivity contribution in [2.45, 2.75) is 52.7 Å². The van der Waals surface area contributed by atoms with Crippen LogP contribution < -0.4 is 15.4 Å². The molecule has 1 unspecified atom stereocenters. The van der Waals surface area contributed by atoms with Gasteiger partial charge in [0.1, 0.15) is 12.4 Å². The lowest BCUT2D eigenvalue weighted by Crippen LogP contribution is -2.37. The van der Waals surface area contributed by atoms with E-state index in [1.165, 1.54) is 5.56 Å². The van der Waals surface area contributed by atoms with Crippen LogP contribution in [0.3, 0.4) is 0 Å². The molecule has 0 saturated carbocycles. The Morgan fingerprint density at radius 2 is 2.16 bits per heavy atom. The van der Waals surface area contributed by atoms with E-state index in [4.69, 9.17) is 9.47 Å². The Bertz CT molecular complexity index is 531. The third-order valence-electron chi connectivity index (χ3n) is 3.97. The van der Waals surface area contributed by atoms with Crippen LogP contribution in [0.5, 0.6) is 5.75 Å². The van der Waals surface area contributed by atoms with Crippen LogP contribution in [0.15, 0.2) is 23.2 Å². The van der Waals surface area contributed by atoms with E-state index in [1.807, 2.05) is 0 Å². The smallest absolute Gasteiger partial charge is 0.191 e. The zero-order chi connectivity index (χ0) is 17.2. The second kappa shape index (κ2) is 12.4. The van der Waals surface area contributed by atoms with E-state index in [0.29, 0.717) is 13.2 Å². The van der Waals surface area contributed by atoms with Crippen LogP contribution in [0.4, 0.5) is 0 Å². The SMILES string of the molecule is CCCNC(=NCc1ccc(C)cc1OCC1CCCO1)NCC.I. The summed E-state index contributed by atoms with van der Waals surface area (Å²) in [5, 5.41) is 6.60. The molecule has 6 heteroatoms. The topological polar surface area (TPSA) is 54.9 Å². The average molecular weight is 461 g/mol. The minimum atomic E-state index is 0. The van der Waals surface area contributed by atoms with Gasteiger partial charge in [0.05, 0.1) is 12.6 Å². The summed E-state index contributed by atoms with van der Waals surface area (Å²) in [7, 11) is 0. The summed E-state index contributed by atoms with van der Waals surface area (Å²) in [5.41, 5.74) is 2.30. The molecule has 0 amide bonds. The number of halogens is 1. The summed E-state index contributed by atoms with van der Waals surface area (Å²) >= 11 is 0. The maximum absolute atomic E-state index is 6.04. The highest BCUT2D eigenvalue weighted by Gasteiger charge is 2.16.